The predicted octanol–water partition coefficient (Wildman–Crippen LogP) is 2.49. The number of rotatable bonds is 4. The molecule has 0 atom stereocenters. The maximum atomic E-state index is 9.52. The topological polar surface area (TPSA) is 37.2 Å². The molecule has 2 N–H and O–H groups in total. The van der Waals surface area contributed by atoms with Gasteiger partial charge in [0.2, 0.25) is 0 Å². The maximum absolute atomic E-state index is 9.52. The Balaban J connectivity index is 1.89. The first kappa shape index (κ1) is 12.7. The summed E-state index contributed by atoms with van der Waals surface area (Å²) in [5.74, 6) is 0. The van der Waals surface area contributed by atoms with Crippen LogP contribution in [-0.2, 0) is 13.6 Å². The van der Waals surface area contributed by atoms with Crippen LogP contribution in [0.3, 0.4) is 0 Å². The van der Waals surface area contributed by atoms with Crippen molar-refractivity contribution in [3.8, 4) is 0 Å². The molecule has 0 bridgehead atoms. The molecule has 1 aromatic heterocycles. The molecule has 1 saturated carbocycles. The number of hydrogen-bond acceptors (Lipinski definition) is 2. The van der Waals surface area contributed by atoms with Crippen molar-refractivity contribution in [3.63, 3.8) is 0 Å². The van der Waals surface area contributed by atoms with Gasteiger partial charge < -0.3 is 15.0 Å². The van der Waals surface area contributed by atoms with E-state index in [0.717, 1.165) is 19.4 Å². The van der Waals surface area contributed by atoms with Crippen LogP contribution in [0.25, 0.3) is 10.9 Å². The first-order valence-corrected chi connectivity index (χ1v) is 7.06. The van der Waals surface area contributed by atoms with Crippen LogP contribution in [0.1, 0.15) is 30.5 Å². The van der Waals surface area contributed by atoms with Gasteiger partial charge in [-0.15, -0.1) is 0 Å². The molecule has 0 amide bonds. The first-order valence-electron chi connectivity index (χ1n) is 7.06. The monoisotopic (exact) mass is 258 g/mol. The van der Waals surface area contributed by atoms with E-state index in [0.29, 0.717) is 0 Å². The normalized spacial score (nSPS) is 17.6. The minimum atomic E-state index is -0.0249. The van der Waals surface area contributed by atoms with Crippen LogP contribution in [0.5, 0.6) is 0 Å². The number of para-hydroxylation sites is 1. The molecule has 3 rings (SSSR count). The summed E-state index contributed by atoms with van der Waals surface area (Å²) < 4.78 is 2.27. The summed E-state index contributed by atoms with van der Waals surface area (Å²) in [6.45, 7) is 3.26. The summed E-state index contributed by atoms with van der Waals surface area (Å²) in [4.78, 5) is 0. The summed E-state index contributed by atoms with van der Waals surface area (Å²) in [5.41, 5.74) is 3.92. The SMILES string of the molecule is Cc1c(CNC2(CO)CCC2)n(C)c2ccccc12. The maximum Gasteiger partial charge on any atom is 0.0613 e. The van der Waals surface area contributed by atoms with Crippen molar-refractivity contribution in [2.75, 3.05) is 6.61 Å². The molecule has 1 heterocycles. The van der Waals surface area contributed by atoms with Crippen molar-refractivity contribution in [3.05, 3.63) is 35.5 Å². The zero-order valence-electron chi connectivity index (χ0n) is 11.7. The van der Waals surface area contributed by atoms with E-state index in [2.05, 4.69) is 48.1 Å². The van der Waals surface area contributed by atoms with Gasteiger partial charge in [-0.25, -0.2) is 0 Å². The second-order valence-corrected chi connectivity index (χ2v) is 5.79. The number of aromatic nitrogens is 1. The fourth-order valence-corrected chi connectivity index (χ4v) is 3.15. The Bertz CT molecular complexity index is 552. The van der Waals surface area contributed by atoms with Crippen LogP contribution < -0.4 is 5.32 Å². The van der Waals surface area contributed by atoms with E-state index >= 15 is 0 Å². The third-order valence-corrected chi connectivity index (χ3v) is 4.75. The van der Waals surface area contributed by atoms with Gasteiger partial charge in [-0.1, -0.05) is 18.2 Å². The molecule has 19 heavy (non-hydrogen) atoms. The quantitative estimate of drug-likeness (QED) is 0.884. The highest BCUT2D eigenvalue weighted by Crippen LogP contribution is 2.32. The Kier molecular flexibility index (Phi) is 3.11. The lowest BCUT2D eigenvalue weighted by molar-refractivity contribution is 0.0866. The second kappa shape index (κ2) is 4.66. The number of aliphatic hydroxyl groups excluding tert-OH is 1. The van der Waals surface area contributed by atoms with Gasteiger partial charge in [-0.2, -0.15) is 0 Å². The summed E-state index contributed by atoms with van der Waals surface area (Å²) >= 11 is 0. The Labute approximate surface area is 114 Å². The Morgan fingerprint density at radius 3 is 2.63 bits per heavy atom. The number of aryl methyl sites for hydroxylation is 2. The third-order valence-electron chi connectivity index (χ3n) is 4.75. The average Bonchev–Trinajstić information content (AvgIpc) is 2.63. The smallest absolute Gasteiger partial charge is 0.0613 e. The first-order chi connectivity index (χ1) is 9.17. The number of hydrogen-bond donors (Lipinski definition) is 2. The highest BCUT2D eigenvalue weighted by molar-refractivity contribution is 5.85. The molecule has 3 nitrogen and oxygen atoms in total. The lowest BCUT2D eigenvalue weighted by Gasteiger charge is -2.41. The van der Waals surface area contributed by atoms with Gasteiger partial charge in [-0.3, -0.25) is 0 Å². The van der Waals surface area contributed by atoms with Crippen LogP contribution in [0.4, 0.5) is 0 Å². The molecule has 3 heteroatoms. The number of fused-ring (bicyclic) bond motifs is 1. The highest BCUT2D eigenvalue weighted by Gasteiger charge is 2.35. The van der Waals surface area contributed by atoms with Crippen molar-refractivity contribution in [2.24, 2.45) is 7.05 Å². The van der Waals surface area contributed by atoms with Gasteiger partial charge in [0.05, 0.1) is 6.61 Å². The van der Waals surface area contributed by atoms with Crippen molar-refractivity contribution in [2.45, 2.75) is 38.3 Å². The van der Waals surface area contributed by atoms with E-state index in [1.54, 1.807) is 0 Å². The molecule has 0 aliphatic heterocycles. The van der Waals surface area contributed by atoms with E-state index in [-0.39, 0.29) is 12.1 Å². The van der Waals surface area contributed by atoms with Crippen LogP contribution in [0.15, 0.2) is 24.3 Å². The average molecular weight is 258 g/mol. The van der Waals surface area contributed by atoms with Gasteiger partial charge in [0.25, 0.3) is 0 Å². The standard InChI is InChI=1S/C16H22N2O/c1-12-13-6-3-4-7-14(13)18(2)15(12)10-17-16(11-19)8-5-9-16/h3-4,6-7,17,19H,5,8-11H2,1-2H3. The molecular weight excluding hydrogens is 236 g/mol. The molecule has 2 aromatic rings. The van der Waals surface area contributed by atoms with Gasteiger partial charge in [0, 0.05) is 35.7 Å². The summed E-state index contributed by atoms with van der Waals surface area (Å²) in [6.07, 6.45) is 3.40. The molecule has 1 aliphatic carbocycles. The zero-order chi connectivity index (χ0) is 13.5. The van der Waals surface area contributed by atoms with Crippen molar-refractivity contribution < 1.29 is 5.11 Å². The van der Waals surface area contributed by atoms with Gasteiger partial charge in [-0.05, 0) is 37.8 Å². The van der Waals surface area contributed by atoms with Crippen molar-refractivity contribution >= 4 is 10.9 Å². The molecule has 1 aromatic carbocycles. The van der Waals surface area contributed by atoms with Crippen molar-refractivity contribution in [1.82, 2.24) is 9.88 Å². The number of nitrogens with one attached hydrogen (secondary N) is 1. The predicted molar refractivity (Wildman–Crippen MR) is 78.2 cm³/mol. The molecule has 0 unspecified atom stereocenters. The lowest BCUT2D eigenvalue weighted by Crippen LogP contribution is -2.53. The molecule has 0 radical (unpaired) electrons. The minimum Gasteiger partial charge on any atom is -0.394 e. The molecular formula is C16H22N2O. The van der Waals surface area contributed by atoms with E-state index in [9.17, 15) is 5.11 Å². The largest absolute Gasteiger partial charge is 0.394 e. The van der Waals surface area contributed by atoms with Crippen LogP contribution in [-0.4, -0.2) is 21.8 Å². The summed E-state index contributed by atoms with van der Waals surface area (Å²) in [5, 5.41) is 14.4. The fraction of sp³-hybridized carbons (Fsp3) is 0.500. The van der Waals surface area contributed by atoms with Crippen molar-refractivity contribution in [1.29, 1.82) is 0 Å². The van der Waals surface area contributed by atoms with E-state index in [4.69, 9.17) is 0 Å². The summed E-state index contributed by atoms with van der Waals surface area (Å²) in [7, 11) is 2.12. The van der Waals surface area contributed by atoms with Gasteiger partial charge in [0.1, 0.15) is 0 Å². The number of aliphatic hydroxyl groups is 1. The molecule has 102 valence electrons. The Morgan fingerprint density at radius 1 is 1.32 bits per heavy atom. The minimum absolute atomic E-state index is 0.0249. The van der Waals surface area contributed by atoms with Crippen LogP contribution in [0.2, 0.25) is 0 Å². The number of benzene rings is 1. The molecule has 0 spiro atoms. The van der Waals surface area contributed by atoms with E-state index in [1.165, 1.54) is 28.6 Å². The number of nitrogens with zero attached hydrogens (tertiary/aromatic N) is 1. The van der Waals surface area contributed by atoms with E-state index in [1.807, 2.05) is 0 Å². The van der Waals surface area contributed by atoms with Crippen LogP contribution in [0, 0.1) is 6.92 Å². The van der Waals surface area contributed by atoms with Gasteiger partial charge >= 0.3 is 0 Å². The van der Waals surface area contributed by atoms with E-state index < -0.39 is 0 Å². The third kappa shape index (κ3) is 1.97. The van der Waals surface area contributed by atoms with Crippen LogP contribution >= 0.6 is 0 Å². The Hall–Kier alpha value is -1.32. The Morgan fingerprint density at radius 2 is 2.05 bits per heavy atom. The molecule has 1 aliphatic rings. The zero-order valence-corrected chi connectivity index (χ0v) is 11.7. The fourth-order valence-electron chi connectivity index (χ4n) is 3.15. The summed E-state index contributed by atoms with van der Waals surface area (Å²) in [6, 6.07) is 8.52. The molecule has 0 saturated heterocycles. The van der Waals surface area contributed by atoms with Gasteiger partial charge in [0.15, 0.2) is 0 Å². The molecule has 1 fully saturated rings. The second-order valence-electron chi connectivity index (χ2n) is 5.79. The lowest BCUT2D eigenvalue weighted by atomic mass is 9.77. The highest BCUT2D eigenvalue weighted by atomic mass is 16.3.